The lowest BCUT2D eigenvalue weighted by Gasteiger charge is -2.08. The van der Waals surface area contributed by atoms with Gasteiger partial charge in [-0.15, -0.1) is 0 Å². The summed E-state index contributed by atoms with van der Waals surface area (Å²) in [6.45, 7) is 0.289. The molecule has 100 valence electrons. The molecule has 0 fully saturated rings. The number of fused-ring (bicyclic) bond motifs is 1. The molecule has 1 atom stereocenters. The number of oxazole rings is 1. The van der Waals surface area contributed by atoms with Crippen molar-refractivity contribution in [3.8, 4) is 11.8 Å². The molecule has 5 heteroatoms. The molecule has 0 bridgehead atoms. The summed E-state index contributed by atoms with van der Waals surface area (Å²) < 4.78 is 10.5. The quantitative estimate of drug-likeness (QED) is 0.793. The summed E-state index contributed by atoms with van der Waals surface area (Å²) >= 11 is 0. The molecule has 0 saturated carbocycles. The SMILES string of the molecule is N#Cc1cc(OCc2cocn2)cc2c1CC(C=O)C2. The van der Waals surface area contributed by atoms with Crippen LogP contribution in [0.5, 0.6) is 5.75 Å². The maximum Gasteiger partial charge on any atom is 0.180 e. The van der Waals surface area contributed by atoms with Crippen LogP contribution < -0.4 is 4.74 Å². The summed E-state index contributed by atoms with van der Waals surface area (Å²) in [7, 11) is 0. The van der Waals surface area contributed by atoms with E-state index in [1.807, 2.05) is 6.07 Å². The zero-order valence-electron chi connectivity index (χ0n) is 10.7. The van der Waals surface area contributed by atoms with Crippen molar-refractivity contribution in [2.45, 2.75) is 19.4 Å². The summed E-state index contributed by atoms with van der Waals surface area (Å²) in [6.07, 6.45) is 5.13. The second-order valence-electron chi connectivity index (χ2n) is 4.79. The average molecular weight is 268 g/mol. The van der Waals surface area contributed by atoms with Crippen LogP contribution in [0.25, 0.3) is 0 Å². The highest BCUT2D eigenvalue weighted by Crippen LogP contribution is 2.32. The number of nitrogens with zero attached hydrogens (tertiary/aromatic N) is 2. The van der Waals surface area contributed by atoms with Crippen molar-refractivity contribution >= 4 is 6.29 Å². The minimum atomic E-state index is -0.0251. The lowest BCUT2D eigenvalue weighted by Crippen LogP contribution is -1.99. The van der Waals surface area contributed by atoms with Gasteiger partial charge < -0.3 is 13.9 Å². The molecule has 1 unspecified atom stereocenters. The number of hydrogen-bond donors (Lipinski definition) is 0. The van der Waals surface area contributed by atoms with E-state index in [0.29, 0.717) is 29.8 Å². The fourth-order valence-electron chi connectivity index (χ4n) is 2.49. The highest BCUT2D eigenvalue weighted by molar-refractivity contribution is 5.61. The Labute approximate surface area is 115 Å². The van der Waals surface area contributed by atoms with E-state index in [1.165, 1.54) is 12.7 Å². The smallest absolute Gasteiger partial charge is 0.180 e. The summed E-state index contributed by atoms with van der Waals surface area (Å²) in [5.74, 6) is 0.595. The molecule has 1 aliphatic rings. The third kappa shape index (κ3) is 2.28. The molecule has 1 aliphatic carbocycles. The number of aldehydes is 1. The molecule has 0 radical (unpaired) electrons. The molecule has 3 rings (SSSR count). The van der Waals surface area contributed by atoms with E-state index in [-0.39, 0.29) is 12.5 Å². The van der Waals surface area contributed by atoms with Gasteiger partial charge in [0.25, 0.3) is 0 Å². The first-order chi connectivity index (χ1) is 9.80. The first-order valence-corrected chi connectivity index (χ1v) is 6.31. The molecule has 20 heavy (non-hydrogen) atoms. The van der Waals surface area contributed by atoms with Crippen molar-refractivity contribution in [1.82, 2.24) is 4.98 Å². The van der Waals surface area contributed by atoms with E-state index in [2.05, 4.69) is 11.1 Å². The molecule has 1 aromatic carbocycles. The van der Waals surface area contributed by atoms with Crippen molar-refractivity contribution < 1.29 is 13.9 Å². The van der Waals surface area contributed by atoms with Crippen LogP contribution in [0, 0.1) is 17.2 Å². The highest BCUT2D eigenvalue weighted by atomic mass is 16.5. The predicted molar refractivity (Wildman–Crippen MR) is 69.0 cm³/mol. The highest BCUT2D eigenvalue weighted by Gasteiger charge is 2.24. The lowest BCUT2D eigenvalue weighted by atomic mass is 10.0. The summed E-state index contributed by atoms with van der Waals surface area (Å²) in [5.41, 5.74) is 3.27. The first-order valence-electron chi connectivity index (χ1n) is 6.31. The van der Waals surface area contributed by atoms with Crippen molar-refractivity contribution in [3.63, 3.8) is 0 Å². The summed E-state index contributed by atoms with van der Waals surface area (Å²) in [4.78, 5) is 14.9. The van der Waals surface area contributed by atoms with Crippen LogP contribution in [-0.4, -0.2) is 11.3 Å². The van der Waals surface area contributed by atoms with Gasteiger partial charge in [0.05, 0.1) is 11.6 Å². The van der Waals surface area contributed by atoms with E-state index in [1.54, 1.807) is 6.07 Å². The molecule has 2 aromatic rings. The Morgan fingerprint density at radius 3 is 3.10 bits per heavy atom. The number of carbonyl (C=O) groups excluding carboxylic acids is 1. The second kappa shape index (κ2) is 5.17. The van der Waals surface area contributed by atoms with Crippen LogP contribution >= 0.6 is 0 Å². The molecule has 0 saturated heterocycles. The molecule has 5 nitrogen and oxygen atoms in total. The Balaban J connectivity index is 1.83. The van der Waals surface area contributed by atoms with Gasteiger partial charge in [-0.1, -0.05) is 0 Å². The van der Waals surface area contributed by atoms with Gasteiger partial charge in [0.2, 0.25) is 0 Å². The van der Waals surface area contributed by atoms with E-state index in [9.17, 15) is 10.1 Å². The fraction of sp³-hybridized carbons (Fsp3) is 0.267. The van der Waals surface area contributed by atoms with Crippen LogP contribution in [-0.2, 0) is 24.2 Å². The Morgan fingerprint density at radius 1 is 1.50 bits per heavy atom. The molecule has 0 spiro atoms. The summed E-state index contributed by atoms with van der Waals surface area (Å²) in [6, 6.07) is 5.79. The second-order valence-corrected chi connectivity index (χ2v) is 4.79. The Bertz CT molecular complexity index is 671. The average Bonchev–Trinajstić information content (AvgIpc) is 3.12. The molecule has 0 amide bonds. The summed E-state index contributed by atoms with van der Waals surface area (Å²) in [5, 5.41) is 9.22. The number of rotatable bonds is 4. The Kier molecular flexibility index (Phi) is 3.21. The number of aromatic nitrogens is 1. The van der Waals surface area contributed by atoms with E-state index in [0.717, 1.165) is 17.4 Å². The van der Waals surface area contributed by atoms with Crippen molar-refractivity contribution in [2.24, 2.45) is 5.92 Å². The number of benzene rings is 1. The van der Waals surface area contributed by atoms with Gasteiger partial charge in [0.1, 0.15) is 30.6 Å². The standard InChI is InChI=1S/C15H12N2O3/c16-5-12-4-14(20-8-13-7-19-9-17-13)3-11-1-10(6-18)2-15(11)12/h3-4,6-7,9-10H,1-2,8H2. The minimum Gasteiger partial charge on any atom is -0.487 e. The van der Waals surface area contributed by atoms with Crippen LogP contribution in [0.3, 0.4) is 0 Å². The van der Waals surface area contributed by atoms with Crippen molar-refractivity contribution in [3.05, 3.63) is 47.2 Å². The van der Waals surface area contributed by atoms with Gasteiger partial charge in [-0.3, -0.25) is 0 Å². The number of nitriles is 1. The van der Waals surface area contributed by atoms with Crippen molar-refractivity contribution in [2.75, 3.05) is 0 Å². The first kappa shape index (κ1) is 12.4. The number of hydrogen-bond acceptors (Lipinski definition) is 5. The van der Waals surface area contributed by atoms with Gasteiger partial charge in [-0.05, 0) is 36.1 Å². The zero-order valence-corrected chi connectivity index (χ0v) is 10.7. The van der Waals surface area contributed by atoms with E-state index >= 15 is 0 Å². The van der Waals surface area contributed by atoms with Crippen LogP contribution in [0.1, 0.15) is 22.4 Å². The molecular formula is C15H12N2O3. The van der Waals surface area contributed by atoms with Gasteiger partial charge in [0, 0.05) is 5.92 Å². The van der Waals surface area contributed by atoms with E-state index in [4.69, 9.17) is 9.15 Å². The van der Waals surface area contributed by atoms with Crippen molar-refractivity contribution in [1.29, 1.82) is 5.26 Å². The Hall–Kier alpha value is -2.61. The molecule has 1 aromatic heterocycles. The third-order valence-corrected chi connectivity index (χ3v) is 3.45. The molecule has 0 aliphatic heterocycles. The molecule has 1 heterocycles. The van der Waals surface area contributed by atoms with Crippen LogP contribution in [0.2, 0.25) is 0 Å². The third-order valence-electron chi connectivity index (χ3n) is 3.45. The minimum absolute atomic E-state index is 0.0251. The molecule has 0 N–H and O–H groups in total. The predicted octanol–water partition coefficient (Wildman–Crippen LogP) is 2.04. The van der Waals surface area contributed by atoms with Gasteiger partial charge in [-0.2, -0.15) is 5.26 Å². The number of carbonyl (C=O) groups is 1. The number of ether oxygens (including phenoxy) is 1. The van der Waals surface area contributed by atoms with Crippen LogP contribution in [0.4, 0.5) is 0 Å². The largest absolute Gasteiger partial charge is 0.487 e. The lowest BCUT2D eigenvalue weighted by molar-refractivity contribution is -0.110. The maximum atomic E-state index is 10.9. The van der Waals surface area contributed by atoms with Crippen LogP contribution in [0.15, 0.2) is 29.2 Å². The topological polar surface area (TPSA) is 76.1 Å². The zero-order chi connectivity index (χ0) is 13.9. The fourth-order valence-corrected chi connectivity index (χ4v) is 2.49. The monoisotopic (exact) mass is 268 g/mol. The van der Waals surface area contributed by atoms with Gasteiger partial charge >= 0.3 is 0 Å². The Morgan fingerprint density at radius 2 is 2.40 bits per heavy atom. The normalized spacial score (nSPS) is 16.4. The molecular weight excluding hydrogens is 256 g/mol. The maximum absolute atomic E-state index is 10.9. The van der Waals surface area contributed by atoms with Gasteiger partial charge in [-0.25, -0.2) is 4.98 Å². The van der Waals surface area contributed by atoms with E-state index < -0.39 is 0 Å². The van der Waals surface area contributed by atoms with Gasteiger partial charge in [0.15, 0.2) is 6.39 Å².